The van der Waals surface area contributed by atoms with E-state index >= 15 is 0 Å². The largest absolute Gasteiger partial charge is 0.494 e. The summed E-state index contributed by atoms with van der Waals surface area (Å²) in [4.78, 5) is 14.6. The molecule has 1 amide bonds. The Labute approximate surface area is 219 Å². The molecule has 0 heterocycles. The van der Waals surface area contributed by atoms with E-state index in [1.165, 1.54) is 0 Å². The lowest BCUT2D eigenvalue weighted by molar-refractivity contribution is 0.0784. The number of ether oxygens (including phenoxy) is 4. The first-order valence-corrected chi connectivity index (χ1v) is 12.6. The Morgan fingerprint density at radius 1 is 0.838 bits per heavy atom. The summed E-state index contributed by atoms with van der Waals surface area (Å²) in [6, 6.07) is 22.6. The summed E-state index contributed by atoms with van der Waals surface area (Å²) in [7, 11) is 3.37. The van der Waals surface area contributed by atoms with E-state index in [9.17, 15) is 4.79 Å². The van der Waals surface area contributed by atoms with Gasteiger partial charge in [-0.05, 0) is 74.2 Å². The molecule has 3 aromatic rings. The highest BCUT2D eigenvalue weighted by atomic mass is 16.5. The van der Waals surface area contributed by atoms with Crippen molar-refractivity contribution in [2.75, 3.05) is 34.0 Å². The molecule has 0 bridgehead atoms. The molecule has 0 unspecified atom stereocenters. The number of carbonyl (C=O) groups is 1. The Balaban J connectivity index is 1.38. The molecule has 0 fully saturated rings. The van der Waals surface area contributed by atoms with Crippen LogP contribution in [-0.4, -0.2) is 50.7 Å². The van der Waals surface area contributed by atoms with Crippen LogP contribution in [-0.2, 0) is 11.3 Å². The van der Waals surface area contributed by atoms with Gasteiger partial charge in [0.15, 0.2) is 11.5 Å². The standard InChI is InChI=1S/C30H36N2O5/c1-4-35-29(31)24-13-16-26(17-14-24)36-19-9-6-10-20-37-27-18-15-25(21-28(27)34-3)30(33)32(2)22-23-11-7-5-8-12-23/h5,7-8,11-18,21,31H,4,6,9-10,19-20,22H2,1-3H3. The number of benzene rings is 3. The van der Waals surface area contributed by atoms with Gasteiger partial charge in [-0.2, -0.15) is 0 Å². The molecule has 0 aromatic heterocycles. The van der Waals surface area contributed by atoms with Gasteiger partial charge in [0.05, 0.1) is 26.9 Å². The minimum Gasteiger partial charge on any atom is -0.494 e. The minimum atomic E-state index is -0.0732. The zero-order valence-electron chi connectivity index (χ0n) is 21.9. The maximum atomic E-state index is 12.9. The van der Waals surface area contributed by atoms with Gasteiger partial charge in [0.25, 0.3) is 5.91 Å². The van der Waals surface area contributed by atoms with Crippen LogP contribution in [0.15, 0.2) is 72.8 Å². The van der Waals surface area contributed by atoms with Crippen molar-refractivity contribution in [1.29, 1.82) is 5.41 Å². The normalized spacial score (nSPS) is 10.5. The minimum absolute atomic E-state index is 0.0732. The highest BCUT2D eigenvalue weighted by Gasteiger charge is 2.15. The van der Waals surface area contributed by atoms with Crippen molar-refractivity contribution in [1.82, 2.24) is 4.90 Å². The van der Waals surface area contributed by atoms with Crippen molar-refractivity contribution in [2.45, 2.75) is 32.7 Å². The van der Waals surface area contributed by atoms with Gasteiger partial charge in [0, 0.05) is 24.7 Å². The number of carbonyl (C=O) groups excluding carboxylic acids is 1. The molecular weight excluding hydrogens is 468 g/mol. The van der Waals surface area contributed by atoms with Crippen LogP contribution >= 0.6 is 0 Å². The number of methoxy groups -OCH3 is 1. The molecule has 37 heavy (non-hydrogen) atoms. The van der Waals surface area contributed by atoms with E-state index in [0.29, 0.717) is 43.4 Å². The van der Waals surface area contributed by atoms with Crippen molar-refractivity contribution < 1.29 is 23.7 Å². The van der Waals surface area contributed by atoms with Gasteiger partial charge in [0.2, 0.25) is 5.90 Å². The fraction of sp³-hybridized carbons (Fsp3) is 0.333. The zero-order valence-corrected chi connectivity index (χ0v) is 21.9. The molecule has 0 saturated heterocycles. The summed E-state index contributed by atoms with van der Waals surface area (Å²) < 4.78 is 22.4. The third-order valence-corrected chi connectivity index (χ3v) is 5.74. The lowest BCUT2D eigenvalue weighted by Crippen LogP contribution is -2.26. The SMILES string of the molecule is CCOC(=N)c1ccc(OCCCCCOc2ccc(C(=O)N(C)Cc3ccccc3)cc2OC)cc1. The molecule has 7 heteroatoms. The third-order valence-electron chi connectivity index (χ3n) is 5.74. The summed E-state index contributed by atoms with van der Waals surface area (Å²) in [5.74, 6) is 2.04. The number of nitrogens with one attached hydrogen (secondary N) is 1. The quantitative estimate of drug-likeness (QED) is 0.166. The molecular formula is C30H36N2O5. The van der Waals surface area contributed by atoms with Crippen LogP contribution in [0.25, 0.3) is 0 Å². The van der Waals surface area contributed by atoms with E-state index in [2.05, 4.69) is 0 Å². The van der Waals surface area contributed by atoms with Crippen molar-refractivity contribution in [2.24, 2.45) is 0 Å². The lowest BCUT2D eigenvalue weighted by atomic mass is 10.1. The summed E-state index contributed by atoms with van der Waals surface area (Å²) in [6.45, 7) is 4.03. The van der Waals surface area contributed by atoms with Gasteiger partial charge >= 0.3 is 0 Å². The molecule has 0 saturated carbocycles. The van der Waals surface area contributed by atoms with Crippen molar-refractivity contribution in [3.8, 4) is 17.2 Å². The first-order valence-electron chi connectivity index (χ1n) is 12.6. The zero-order chi connectivity index (χ0) is 26.5. The lowest BCUT2D eigenvalue weighted by Gasteiger charge is -2.18. The Kier molecular flexibility index (Phi) is 10.8. The fourth-order valence-electron chi connectivity index (χ4n) is 3.75. The maximum Gasteiger partial charge on any atom is 0.254 e. The number of hydrogen-bond acceptors (Lipinski definition) is 6. The van der Waals surface area contributed by atoms with E-state index in [1.807, 2.05) is 61.5 Å². The molecule has 1 N–H and O–H groups in total. The van der Waals surface area contributed by atoms with Crippen molar-refractivity contribution >= 4 is 11.8 Å². The molecule has 0 radical (unpaired) electrons. The first kappa shape index (κ1) is 27.6. The van der Waals surface area contributed by atoms with Crippen LogP contribution < -0.4 is 14.2 Å². The predicted molar refractivity (Wildman–Crippen MR) is 145 cm³/mol. The summed E-state index contributed by atoms with van der Waals surface area (Å²) >= 11 is 0. The maximum absolute atomic E-state index is 12.9. The molecule has 3 aromatic carbocycles. The van der Waals surface area contributed by atoms with Crippen molar-refractivity contribution in [3.05, 3.63) is 89.5 Å². The van der Waals surface area contributed by atoms with Gasteiger partial charge in [0.1, 0.15) is 5.75 Å². The second kappa shape index (κ2) is 14.5. The molecule has 0 spiro atoms. The van der Waals surface area contributed by atoms with E-state index in [-0.39, 0.29) is 11.8 Å². The Hall–Kier alpha value is -4.00. The van der Waals surface area contributed by atoms with Gasteiger partial charge in [-0.15, -0.1) is 0 Å². The third kappa shape index (κ3) is 8.56. The predicted octanol–water partition coefficient (Wildman–Crippen LogP) is 5.96. The second-order valence-corrected chi connectivity index (χ2v) is 8.56. The monoisotopic (exact) mass is 504 g/mol. The molecule has 3 rings (SSSR count). The number of hydrogen-bond donors (Lipinski definition) is 1. The number of amides is 1. The van der Waals surface area contributed by atoms with E-state index in [1.54, 1.807) is 37.3 Å². The van der Waals surface area contributed by atoms with Crippen LogP contribution in [0.4, 0.5) is 0 Å². The smallest absolute Gasteiger partial charge is 0.254 e. The van der Waals surface area contributed by atoms with Crippen LogP contribution in [0.2, 0.25) is 0 Å². The Morgan fingerprint density at radius 3 is 2.19 bits per heavy atom. The first-order chi connectivity index (χ1) is 18.0. The van der Waals surface area contributed by atoms with Crippen molar-refractivity contribution in [3.63, 3.8) is 0 Å². The van der Waals surface area contributed by atoms with E-state index in [0.717, 1.165) is 36.1 Å². The number of unbranched alkanes of at least 4 members (excludes halogenated alkanes) is 2. The van der Waals surface area contributed by atoms with Crippen LogP contribution in [0.1, 0.15) is 47.7 Å². The summed E-state index contributed by atoms with van der Waals surface area (Å²) in [6.07, 6.45) is 2.73. The Bertz CT molecular complexity index is 1130. The molecule has 0 atom stereocenters. The van der Waals surface area contributed by atoms with Crippen LogP contribution in [0, 0.1) is 5.41 Å². The summed E-state index contributed by atoms with van der Waals surface area (Å²) in [5.41, 5.74) is 2.37. The highest BCUT2D eigenvalue weighted by molar-refractivity contribution is 5.94. The highest BCUT2D eigenvalue weighted by Crippen LogP contribution is 2.29. The topological polar surface area (TPSA) is 81.1 Å². The van der Waals surface area contributed by atoms with Gasteiger partial charge in [-0.1, -0.05) is 30.3 Å². The van der Waals surface area contributed by atoms with E-state index < -0.39 is 0 Å². The number of nitrogens with zero attached hydrogens (tertiary/aromatic N) is 1. The molecule has 0 aliphatic carbocycles. The second-order valence-electron chi connectivity index (χ2n) is 8.56. The molecule has 0 aliphatic heterocycles. The molecule has 7 nitrogen and oxygen atoms in total. The van der Waals surface area contributed by atoms with Gasteiger partial charge in [-0.3, -0.25) is 10.2 Å². The number of rotatable bonds is 14. The fourth-order valence-corrected chi connectivity index (χ4v) is 3.75. The Morgan fingerprint density at radius 2 is 1.51 bits per heavy atom. The van der Waals surface area contributed by atoms with Crippen LogP contribution in [0.3, 0.4) is 0 Å². The average molecular weight is 505 g/mol. The van der Waals surface area contributed by atoms with Gasteiger partial charge in [-0.25, -0.2) is 0 Å². The summed E-state index contributed by atoms with van der Waals surface area (Å²) in [5, 5.41) is 7.80. The molecule has 0 aliphatic rings. The van der Waals surface area contributed by atoms with Gasteiger partial charge < -0.3 is 23.8 Å². The average Bonchev–Trinajstić information content (AvgIpc) is 2.93. The van der Waals surface area contributed by atoms with E-state index in [4.69, 9.17) is 24.4 Å². The molecule has 196 valence electrons. The van der Waals surface area contributed by atoms with Crippen LogP contribution in [0.5, 0.6) is 17.2 Å².